The van der Waals surface area contributed by atoms with Crippen LogP contribution in [0.15, 0.2) is 23.1 Å². The van der Waals surface area contributed by atoms with Crippen LogP contribution >= 0.6 is 0 Å². The Hall–Kier alpha value is -1.40. The van der Waals surface area contributed by atoms with Crippen molar-refractivity contribution in [1.29, 1.82) is 0 Å². The average molecular weight is 350 g/mol. The van der Waals surface area contributed by atoms with Gasteiger partial charge in [0.25, 0.3) is 0 Å². The molecular formula is C18H26N2O3S. The Morgan fingerprint density at radius 2 is 1.83 bits per heavy atom. The van der Waals surface area contributed by atoms with Crippen LogP contribution in [0.25, 0.3) is 0 Å². The predicted octanol–water partition coefficient (Wildman–Crippen LogP) is 1.73. The van der Waals surface area contributed by atoms with E-state index < -0.39 is 9.84 Å². The van der Waals surface area contributed by atoms with Crippen LogP contribution in [0.3, 0.4) is 0 Å². The first-order valence-corrected chi connectivity index (χ1v) is 10.5. The molecule has 0 heterocycles. The van der Waals surface area contributed by atoms with Crippen molar-refractivity contribution in [3.63, 3.8) is 0 Å². The van der Waals surface area contributed by atoms with Crippen LogP contribution in [-0.2, 0) is 27.5 Å². The molecule has 3 rings (SSSR count). The molecule has 1 aromatic carbocycles. The highest BCUT2D eigenvalue weighted by atomic mass is 32.2. The third-order valence-corrected chi connectivity index (χ3v) is 6.88. The summed E-state index contributed by atoms with van der Waals surface area (Å²) < 4.78 is 25.0. The van der Waals surface area contributed by atoms with E-state index in [-0.39, 0.29) is 30.2 Å². The average Bonchev–Trinajstić information content (AvgIpc) is 3.03. The topological polar surface area (TPSA) is 89.3 Å². The Morgan fingerprint density at radius 3 is 2.58 bits per heavy atom. The second-order valence-electron chi connectivity index (χ2n) is 7.03. The van der Waals surface area contributed by atoms with Crippen LogP contribution in [0.2, 0.25) is 0 Å². The van der Waals surface area contributed by atoms with Crippen LogP contribution < -0.4 is 11.1 Å². The van der Waals surface area contributed by atoms with Gasteiger partial charge in [0.15, 0.2) is 9.84 Å². The molecule has 0 spiro atoms. The molecule has 1 aromatic rings. The molecule has 0 bridgehead atoms. The zero-order valence-corrected chi connectivity index (χ0v) is 14.8. The molecule has 3 N–H and O–H groups in total. The van der Waals surface area contributed by atoms with Crippen molar-refractivity contribution < 1.29 is 13.2 Å². The van der Waals surface area contributed by atoms with E-state index in [2.05, 4.69) is 5.32 Å². The molecule has 1 fully saturated rings. The first-order chi connectivity index (χ1) is 11.4. The Bertz CT molecular complexity index is 707. The number of aryl methyl sites for hydroxylation is 2. The smallest absolute Gasteiger partial charge is 0.221 e. The van der Waals surface area contributed by atoms with Gasteiger partial charge >= 0.3 is 0 Å². The van der Waals surface area contributed by atoms with E-state index in [0.717, 1.165) is 50.5 Å². The molecule has 5 nitrogen and oxygen atoms in total. The van der Waals surface area contributed by atoms with Crippen molar-refractivity contribution in [2.45, 2.75) is 68.3 Å². The number of hydrogen-bond donors (Lipinski definition) is 2. The van der Waals surface area contributed by atoms with E-state index in [1.54, 1.807) is 12.1 Å². The zero-order valence-electron chi connectivity index (χ0n) is 14.0. The first-order valence-electron chi connectivity index (χ1n) is 8.83. The minimum Gasteiger partial charge on any atom is -0.353 e. The van der Waals surface area contributed by atoms with Crippen molar-refractivity contribution >= 4 is 15.7 Å². The van der Waals surface area contributed by atoms with Crippen LogP contribution in [0.1, 0.15) is 49.7 Å². The Kier molecular flexibility index (Phi) is 5.25. The van der Waals surface area contributed by atoms with Crippen molar-refractivity contribution in [3.8, 4) is 0 Å². The van der Waals surface area contributed by atoms with E-state index in [1.165, 1.54) is 5.56 Å². The number of hydrogen-bond acceptors (Lipinski definition) is 4. The van der Waals surface area contributed by atoms with E-state index in [9.17, 15) is 13.2 Å². The summed E-state index contributed by atoms with van der Waals surface area (Å²) in [6, 6.07) is 5.76. The monoisotopic (exact) mass is 350 g/mol. The van der Waals surface area contributed by atoms with E-state index in [0.29, 0.717) is 4.90 Å². The van der Waals surface area contributed by atoms with Crippen molar-refractivity contribution in [3.05, 3.63) is 29.3 Å². The second-order valence-corrected chi connectivity index (χ2v) is 9.14. The van der Waals surface area contributed by atoms with Crippen LogP contribution in [0, 0.1) is 0 Å². The number of carbonyl (C=O) groups is 1. The molecule has 2 aliphatic carbocycles. The zero-order chi connectivity index (χ0) is 17.2. The Morgan fingerprint density at radius 1 is 1.12 bits per heavy atom. The summed E-state index contributed by atoms with van der Waals surface area (Å²) in [7, 11) is -3.41. The van der Waals surface area contributed by atoms with Crippen molar-refractivity contribution in [2.75, 3.05) is 5.75 Å². The molecule has 0 saturated heterocycles. The number of benzene rings is 1. The van der Waals surface area contributed by atoms with E-state index >= 15 is 0 Å². The van der Waals surface area contributed by atoms with Gasteiger partial charge in [-0.1, -0.05) is 6.07 Å². The second kappa shape index (κ2) is 7.23. The maximum Gasteiger partial charge on any atom is 0.221 e. The summed E-state index contributed by atoms with van der Waals surface area (Å²) in [6.07, 6.45) is 6.67. The SMILES string of the molecule is NC1CCC(NC(=O)CCS(=O)(=O)c2ccc3c(c2)CCC3)CC1. The van der Waals surface area contributed by atoms with Gasteiger partial charge in [0.2, 0.25) is 5.91 Å². The number of nitrogens with two attached hydrogens (primary N) is 1. The van der Waals surface area contributed by atoms with Gasteiger partial charge in [0.1, 0.15) is 0 Å². The molecule has 1 amide bonds. The van der Waals surface area contributed by atoms with Gasteiger partial charge in [-0.15, -0.1) is 0 Å². The highest BCUT2D eigenvalue weighted by Gasteiger charge is 2.22. The first kappa shape index (κ1) is 17.4. The molecule has 0 unspecified atom stereocenters. The van der Waals surface area contributed by atoms with E-state index in [4.69, 9.17) is 5.73 Å². The van der Waals surface area contributed by atoms with Crippen LogP contribution in [0.4, 0.5) is 0 Å². The molecule has 132 valence electrons. The summed E-state index contributed by atoms with van der Waals surface area (Å²) >= 11 is 0. The maximum atomic E-state index is 12.5. The predicted molar refractivity (Wildman–Crippen MR) is 93.5 cm³/mol. The highest BCUT2D eigenvalue weighted by Crippen LogP contribution is 2.25. The van der Waals surface area contributed by atoms with Crippen molar-refractivity contribution in [2.24, 2.45) is 5.73 Å². The third kappa shape index (κ3) is 4.16. The summed E-state index contributed by atoms with van der Waals surface area (Å²) in [5.41, 5.74) is 8.24. The van der Waals surface area contributed by atoms with E-state index in [1.807, 2.05) is 6.07 Å². The summed E-state index contributed by atoms with van der Waals surface area (Å²) in [5, 5.41) is 2.95. The normalized spacial score (nSPS) is 23.7. The number of fused-ring (bicyclic) bond motifs is 1. The molecule has 0 aromatic heterocycles. The number of sulfone groups is 1. The van der Waals surface area contributed by atoms with Crippen molar-refractivity contribution in [1.82, 2.24) is 5.32 Å². The van der Waals surface area contributed by atoms with Gasteiger partial charge in [0.05, 0.1) is 10.6 Å². The lowest BCUT2D eigenvalue weighted by atomic mass is 9.92. The lowest BCUT2D eigenvalue weighted by Crippen LogP contribution is -2.40. The lowest BCUT2D eigenvalue weighted by molar-refractivity contribution is -0.121. The molecule has 2 aliphatic rings. The number of nitrogens with one attached hydrogen (secondary N) is 1. The Labute approximate surface area is 143 Å². The fraction of sp³-hybridized carbons (Fsp3) is 0.611. The van der Waals surface area contributed by atoms with Gasteiger partial charge in [-0.25, -0.2) is 8.42 Å². The molecule has 0 atom stereocenters. The minimum absolute atomic E-state index is 0.0158. The molecule has 0 radical (unpaired) electrons. The van der Waals surface area contributed by atoms with Crippen LogP contribution in [-0.4, -0.2) is 32.2 Å². The Balaban J connectivity index is 1.54. The minimum atomic E-state index is -3.41. The summed E-state index contributed by atoms with van der Waals surface area (Å²) in [6.45, 7) is 0. The molecule has 6 heteroatoms. The quantitative estimate of drug-likeness (QED) is 0.846. The molecule has 1 saturated carbocycles. The van der Waals surface area contributed by atoms with Crippen LogP contribution in [0.5, 0.6) is 0 Å². The fourth-order valence-electron chi connectivity index (χ4n) is 3.65. The van der Waals surface area contributed by atoms with Gasteiger partial charge in [0, 0.05) is 18.5 Å². The maximum absolute atomic E-state index is 12.5. The molecule has 0 aliphatic heterocycles. The summed E-state index contributed by atoms with van der Waals surface area (Å²) in [4.78, 5) is 12.4. The fourth-order valence-corrected chi connectivity index (χ4v) is 4.94. The third-order valence-electron chi connectivity index (χ3n) is 5.16. The van der Waals surface area contributed by atoms with Gasteiger partial charge < -0.3 is 11.1 Å². The van der Waals surface area contributed by atoms with Gasteiger partial charge in [-0.3, -0.25) is 4.79 Å². The number of amides is 1. The lowest BCUT2D eigenvalue weighted by Gasteiger charge is -2.26. The number of carbonyl (C=O) groups excluding carboxylic acids is 1. The standard InChI is InChI=1S/C18H26N2O3S/c19-15-5-7-16(8-6-15)20-18(21)10-11-24(22,23)17-9-4-13-2-1-3-14(13)12-17/h4,9,12,15-16H,1-3,5-8,10-11,19H2,(H,20,21). The highest BCUT2D eigenvalue weighted by molar-refractivity contribution is 7.91. The summed E-state index contributed by atoms with van der Waals surface area (Å²) in [5.74, 6) is -0.315. The molecule has 24 heavy (non-hydrogen) atoms. The number of rotatable bonds is 5. The molecular weight excluding hydrogens is 324 g/mol. The largest absolute Gasteiger partial charge is 0.353 e. The van der Waals surface area contributed by atoms with Gasteiger partial charge in [-0.05, 0) is 68.2 Å². The van der Waals surface area contributed by atoms with Gasteiger partial charge in [-0.2, -0.15) is 0 Å².